The van der Waals surface area contributed by atoms with Gasteiger partial charge >= 0.3 is 12.3 Å². The molecule has 0 amide bonds. The average Bonchev–Trinajstić information content (AvgIpc) is 2.65. The van der Waals surface area contributed by atoms with Crippen LogP contribution in [-0.2, 0) is 14.3 Å². The van der Waals surface area contributed by atoms with E-state index in [4.69, 9.17) is 4.74 Å². The summed E-state index contributed by atoms with van der Waals surface area (Å²) in [5, 5.41) is 3.11. The number of nitrogens with one attached hydrogen (secondary N) is 1. The molecule has 1 aliphatic heterocycles. The van der Waals surface area contributed by atoms with Crippen LogP contribution in [0.15, 0.2) is 12.2 Å². The summed E-state index contributed by atoms with van der Waals surface area (Å²) in [4.78, 5) is 11.8. The van der Waals surface area contributed by atoms with Gasteiger partial charge in [0.1, 0.15) is 6.04 Å². The summed E-state index contributed by atoms with van der Waals surface area (Å²) in [6.45, 7) is 3.86. The van der Waals surface area contributed by atoms with Crippen molar-refractivity contribution < 1.29 is 27.4 Å². The lowest BCUT2D eigenvalue weighted by molar-refractivity contribution is -0.338. The molecule has 4 nitrogen and oxygen atoms in total. The lowest BCUT2D eigenvalue weighted by Gasteiger charge is -2.28. The lowest BCUT2D eigenvalue weighted by atomic mass is 9.81. The van der Waals surface area contributed by atoms with Crippen molar-refractivity contribution in [3.05, 3.63) is 12.2 Å². The molecule has 0 radical (unpaired) electrons. The molecular formula is C13H18F3NO3. The summed E-state index contributed by atoms with van der Waals surface area (Å²) < 4.78 is 45.7. The molecule has 114 valence electrons. The molecule has 0 bridgehead atoms. The van der Waals surface area contributed by atoms with Crippen LogP contribution in [0.3, 0.4) is 0 Å². The van der Waals surface area contributed by atoms with E-state index in [0.717, 1.165) is 0 Å². The van der Waals surface area contributed by atoms with Crippen LogP contribution in [-0.4, -0.2) is 37.1 Å². The summed E-state index contributed by atoms with van der Waals surface area (Å²) >= 11 is 0. The maximum Gasteiger partial charge on any atom is 0.523 e. The third-order valence-corrected chi connectivity index (χ3v) is 3.90. The second-order valence-corrected chi connectivity index (χ2v) is 5.17. The van der Waals surface area contributed by atoms with Gasteiger partial charge in [-0.15, -0.1) is 13.2 Å². The van der Waals surface area contributed by atoms with E-state index >= 15 is 0 Å². The first kappa shape index (κ1) is 15.3. The minimum Gasteiger partial charge on any atom is -0.465 e. The Hall–Kier alpha value is -1.08. The molecule has 0 spiro atoms. The molecule has 2 rings (SSSR count). The number of hydrogen-bond acceptors (Lipinski definition) is 4. The first-order valence-corrected chi connectivity index (χ1v) is 6.67. The Morgan fingerprint density at radius 3 is 2.70 bits per heavy atom. The van der Waals surface area contributed by atoms with Crippen LogP contribution >= 0.6 is 0 Å². The third kappa shape index (κ3) is 3.32. The fourth-order valence-corrected chi connectivity index (χ4v) is 2.98. The Bertz CT molecular complexity index is 397. The van der Waals surface area contributed by atoms with Gasteiger partial charge in [-0.25, -0.2) is 0 Å². The molecule has 0 aromatic heterocycles. The van der Waals surface area contributed by atoms with Crippen LogP contribution in [0.25, 0.3) is 0 Å². The van der Waals surface area contributed by atoms with Gasteiger partial charge in [0, 0.05) is 6.04 Å². The fourth-order valence-electron chi connectivity index (χ4n) is 2.98. The zero-order chi connectivity index (χ0) is 14.9. The quantitative estimate of drug-likeness (QED) is 0.639. The van der Waals surface area contributed by atoms with Crippen molar-refractivity contribution in [2.24, 2.45) is 11.8 Å². The molecule has 7 heteroatoms. The predicted octanol–water partition coefficient (Wildman–Crippen LogP) is 2.01. The fraction of sp³-hybridized carbons (Fsp3) is 0.769. The Morgan fingerprint density at radius 1 is 1.40 bits per heavy atom. The molecule has 1 N–H and O–H groups in total. The predicted molar refractivity (Wildman–Crippen MR) is 64.7 cm³/mol. The van der Waals surface area contributed by atoms with Gasteiger partial charge < -0.3 is 4.74 Å². The van der Waals surface area contributed by atoms with E-state index in [9.17, 15) is 18.0 Å². The number of rotatable bonds is 3. The molecule has 0 saturated carbocycles. The summed E-state index contributed by atoms with van der Waals surface area (Å²) in [7, 11) is 0. The van der Waals surface area contributed by atoms with E-state index < -0.39 is 18.5 Å². The van der Waals surface area contributed by atoms with E-state index in [-0.39, 0.29) is 36.9 Å². The molecule has 1 fully saturated rings. The molecule has 5 atom stereocenters. The van der Waals surface area contributed by atoms with Gasteiger partial charge in [0.25, 0.3) is 0 Å². The number of ether oxygens (including phenoxy) is 2. The van der Waals surface area contributed by atoms with Crippen LogP contribution < -0.4 is 5.32 Å². The van der Waals surface area contributed by atoms with Crippen LogP contribution in [0, 0.1) is 11.8 Å². The zero-order valence-corrected chi connectivity index (χ0v) is 11.3. The number of hydrogen-bond donors (Lipinski definition) is 1. The van der Waals surface area contributed by atoms with Gasteiger partial charge in [-0.2, -0.15) is 0 Å². The van der Waals surface area contributed by atoms with E-state index in [2.05, 4.69) is 10.1 Å². The average molecular weight is 293 g/mol. The summed E-state index contributed by atoms with van der Waals surface area (Å²) in [5.41, 5.74) is 0. The van der Waals surface area contributed by atoms with Crippen molar-refractivity contribution in [2.45, 2.75) is 44.8 Å². The van der Waals surface area contributed by atoms with Gasteiger partial charge in [0.05, 0.1) is 12.7 Å². The molecule has 1 saturated heterocycles. The molecule has 2 aliphatic rings. The highest BCUT2D eigenvalue weighted by Gasteiger charge is 2.46. The van der Waals surface area contributed by atoms with Crippen molar-refractivity contribution in [1.82, 2.24) is 5.32 Å². The number of halogens is 3. The maximum atomic E-state index is 12.2. The minimum absolute atomic E-state index is 0.0678. The lowest BCUT2D eigenvalue weighted by Crippen LogP contribution is -2.39. The number of carbonyl (C=O) groups excluding carboxylic acids is 1. The molecule has 1 aliphatic carbocycles. The first-order valence-electron chi connectivity index (χ1n) is 6.67. The van der Waals surface area contributed by atoms with Gasteiger partial charge in [0.15, 0.2) is 0 Å². The van der Waals surface area contributed by atoms with Crippen molar-refractivity contribution in [1.29, 1.82) is 0 Å². The van der Waals surface area contributed by atoms with Gasteiger partial charge in [-0.3, -0.25) is 14.8 Å². The van der Waals surface area contributed by atoms with Gasteiger partial charge in [0.2, 0.25) is 0 Å². The highest BCUT2D eigenvalue weighted by molar-refractivity contribution is 5.76. The molecule has 5 unspecified atom stereocenters. The topological polar surface area (TPSA) is 47.6 Å². The standard InChI is InChI=1S/C13H18F3NO3/c1-3-19-12(18)11-7(2)9-6-8(20-13(14,15)16)4-5-10(9)17-11/h4-5,7-11,17H,3,6H2,1-2H3. The molecular weight excluding hydrogens is 275 g/mol. The third-order valence-electron chi connectivity index (χ3n) is 3.90. The Morgan fingerprint density at radius 2 is 2.10 bits per heavy atom. The second kappa shape index (κ2) is 5.73. The van der Waals surface area contributed by atoms with Gasteiger partial charge in [-0.1, -0.05) is 19.1 Å². The Kier molecular flexibility index (Phi) is 4.39. The van der Waals surface area contributed by atoms with Crippen LogP contribution in [0.5, 0.6) is 0 Å². The largest absolute Gasteiger partial charge is 0.523 e. The van der Waals surface area contributed by atoms with Crippen molar-refractivity contribution in [3.63, 3.8) is 0 Å². The number of esters is 1. The van der Waals surface area contributed by atoms with E-state index in [1.54, 1.807) is 13.0 Å². The monoisotopic (exact) mass is 293 g/mol. The zero-order valence-electron chi connectivity index (χ0n) is 11.3. The normalized spacial score (nSPS) is 36.8. The maximum absolute atomic E-state index is 12.2. The second-order valence-electron chi connectivity index (χ2n) is 5.17. The van der Waals surface area contributed by atoms with Crippen molar-refractivity contribution in [2.75, 3.05) is 6.61 Å². The van der Waals surface area contributed by atoms with Crippen LogP contribution in [0.2, 0.25) is 0 Å². The molecule has 1 heterocycles. The minimum atomic E-state index is -4.64. The summed E-state index contributed by atoms with van der Waals surface area (Å²) in [6.07, 6.45) is -2.33. The molecule has 0 aromatic carbocycles. The van der Waals surface area contributed by atoms with Crippen LogP contribution in [0.1, 0.15) is 20.3 Å². The van der Waals surface area contributed by atoms with Gasteiger partial charge in [-0.05, 0) is 25.2 Å². The van der Waals surface area contributed by atoms with E-state index in [1.165, 1.54) is 6.08 Å². The number of carbonyl (C=O) groups is 1. The molecule has 0 aromatic rings. The first-order chi connectivity index (χ1) is 9.31. The van der Waals surface area contributed by atoms with E-state index in [0.29, 0.717) is 0 Å². The number of alkyl halides is 3. The van der Waals surface area contributed by atoms with E-state index in [1.807, 2.05) is 6.92 Å². The Balaban J connectivity index is 2.01. The highest BCUT2D eigenvalue weighted by Crippen LogP contribution is 2.37. The molecule has 20 heavy (non-hydrogen) atoms. The SMILES string of the molecule is CCOC(=O)C1NC2C=CC(OC(F)(F)F)CC2C1C. The van der Waals surface area contributed by atoms with Crippen molar-refractivity contribution in [3.8, 4) is 0 Å². The smallest absolute Gasteiger partial charge is 0.465 e. The highest BCUT2D eigenvalue weighted by atomic mass is 19.4. The Labute approximate surface area is 115 Å². The van der Waals surface area contributed by atoms with Crippen LogP contribution in [0.4, 0.5) is 13.2 Å². The number of fused-ring (bicyclic) bond motifs is 1. The summed E-state index contributed by atoms with van der Waals surface area (Å²) in [5.74, 6) is -0.513. The summed E-state index contributed by atoms with van der Waals surface area (Å²) in [6, 6.07) is -0.577. The van der Waals surface area contributed by atoms with Crippen molar-refractivity contribution >= 4 is 5.97 Å².